The third-order valence-electron chi connectivity index (χ3n) is 5.56. The van der Waals surface area contributed by atoms with Gasteiger partial charge >= 0.3 is 0 Å². The lowest BCUT2D eigenvalue weighted by molar-refractivity contribution is 0.0686. The number of benzene rings is 1. The molecule has 1 aliphatic heterocycles. The lowest BCUT2D eigenvalue weighted by Gasteiger charge is -2.33. The molecule has 0 saturated heterocycles. The Hall–Kier alpha value is -3.65. The van der Waals surface area contributed by atoms with E-state index in [0.717, 1.165) is 27.9 Å². The Morgan fingerprint density at radius 3 is 3.10 bits per heavy atom. The standard InChI is InChI=1S/C21H16ClN7O/c22-12-4-5-14-16(9-12)27-20(26-14)19-18-15(23-11-24-18)6-8-28(19)21(30)13-10-25-29-7-2-1-3-17(13)29/h1-5,7,9-11,19H,6,8H2,(H,23,24)(H,26,27)/t19-/m0/s1. The van der Waals surface area contributed by atoms with Crippen LogP contribution >= 0.6 is 11.6 Å². The first-order valence-corrected chi connectivity index (χ1v) is 9.97. The summed E-state index contributed by atoms with van der Waals surface area (Å²) in [5, 5.41) is 4.95. The van der Waals surface area contributed by atoms with Crippen molar-refractivity contribution in [1.82, 2.24) is 34.4 Å². The molecule has 8 nitrogen and oxygen atoms in total. The van der Waals surface area contributed by atoms with Crippen molar-refractivity contribution >= 4 is 34.1 Å². The van der Waals surface area contributed by atoms with E-state index < -0.39 is 6.04 Å². The fourth-order valence-corrected chi connectivity index (χ4v) is 4.33. The van der Waals surface area contributed by atoms with Gasteiger partial charge in [-0.1, -0.05) is 17.7 Å². The van der Waals surface area contributed by atoms with Crippen molar-refractivity contribution < 1.29 is 4.79 Å². The first-order chi connectivity index (χ1) is 14.7. The number of nitrogens with zero attached hydrogens (tertiary/aromatic N) is 5. The molecule has 6 rings (SSSR count). The predicted molar refractivity (Wildman–Crippen MR) is 111 cm³/mol. The molecule has 148 valence electrons. The summed E-state index contributed by atoms with van der Waals surface area (Å²) in [4.78, 5) is 31.3. The van der Waals surface area contributed by atoms with E-state index in [1.54, 1.807) is 23.1 Å². The van der Waals surface area contributed by atoms with Gasteiger partial charge in [0.2, 0.25) is 0 Å². The van der Waals surface area contributed by atoms with Crippen LogP contribution in [-0.4, -0.2) is 46.9 Å². The summed E-state index contributed by atoms with van der Waals surface area (Å²) in [6.45, 7) is 0.542. The summed E-state index contributed by atoms with van der Waals surface area (Å²) in [5.41, 5.74) is 4.76. The predicted octanol–water partition coefficient (Wildman–Crippen LogP) is 3.38. The quantitative estimate of drug-likeness (QED) is 0.460. The molecule has 0 radical (unpaired) electrons. The first-order valence-electron chi connectivity index (χ1n) is 9.60. The molecule has 0 spiro atoms. The van der Waals surface area contributed by atoms with Gasteiger partial charge in [0.05, 0.1) is 40.3 Å². The second kappa shape index (κ2) is 6.43. The maximum absolute atomic E-state index is 13.6. The summed E-state index contributed by atoms with van der Waals surface area (Å²) in [6, 6.07) is 10.7. The number of amides is 1. The second-order valence-electron chi connectivity index (χ2n) is 7.29. The van der Waals surface area contributed by atoms with Gasteiger partial charge in [0.25, 0.3) is 5.91 Å². The third kappa shape index (κ3) is 2.54. The van der Waals surface area contributed by atoms with E-state index >= 15 is 0 Å². The highest BCUT2D eigenvalue weighted by atomic mass is 35.5. The number of nitrogens with one attached hydrogen (secondary N) is 2. The van der Waals surface area contributed by atoms with E-state index in [4.69, 9.17) is 16.6 Å². The molecule has 5 heterocycles. The maximum Gasteiger partial charge on any atom is 0.258 e. The molecule has 0 unspecified atom stereocenters. The molecule has 1 atom stereocenters. The Balaban J connectivity index is 1.49. The summed E-state index contributed by atoms with van der Waals surface area (Å²) in [6.07, 6.45) is 5.81. The van der Waals surface area contributed by atoms with E-state index in [0.29, 0.717) is 29.4 Å². The molecule has 2 N–H and O–H groups in total. The molecule has 0 aliphatic carbocycles. The van der Waals surface area contributed by atoms with E-state index in [2.05, 4.69) is 20.1 Å². The van der Waals surface area contributed by atoms with Crippen LogP contribution < -0.4 is 0 Å². The molecule has 5 aromatic rings. The van der Waals surface area contributed by atoms with Gasteiger partial charge in [-0.25, -0.2) is 14.5 Å². The van der Waals surface area contributed by atoms with Crippen LogP contribution in [0.2, 0.25) is 5.02 Å². The van der Waals surface area contributed by atoms with Crippen molar-refractivity contribution in [2.75, 3.05) is 6.54 Å². The van der Waals surface area contributed by atoms with Gasteiger partial charge in [0, 0.05) is 29.9 Å². The number of pyridine rings is 1. The SMILES string of the molecule is O=C(c1cnn2ccccc12)N1CCc2[nH]cnc2[C@H]1c1nc2ccc(Cl)cc2[nH]1. The summed E-state index contributed by atoms with van der Waals surface area (Å²) < 4.78 is 1.70. The molecular weight excluding hydrogens is 402 g/mol. The Labute approximate surface area is 175 Å². The highest BCUT2D eigenvalue weighted by Gasteiger charge is 2.37. The van der Waals surface area contributed by atoms with E-state index in [9.17, 15) is 4.79 Å². The van der Waals surface area contributed by atoms with Crippen LogP contribution in [0.1, 0.15) is 33.6 Å². The maximum atomic E-state index is 13.6. The number of aromatic amines is 2. The first kappa shape index (κ1) is 17.2. The monoisotopic (exact) mass is 417 g/mol. The van der Waals surface area contributed by atoms with Gasteiger partial charge in [0.15, 0.2) is 0 Å². The van der Waals surface area contributed by atoms with Crippen molar-refractivity contribution in [2.24, 2.45) is 0 Å². The Morgan fingerprint density at radius 1 is 1.23 bits per heavy atom. The average molecular weight is 418 g/mol. The van der Waals surface area contributed by atoms with Crippen molar-refractivity contribution in [3.05, 3.63) is 82.9 Å². The highest BCUT2D eigenvalue weighted by molar-refractivity contribution is 6.31. The Bertz CT molecular complexity index is 1420. The van der Waals surface area contributed by atoms with Gasteiger partial charge in [-0.15, -0.1) is 0 Å². The minimum Gasteiger partial charge on any atom is -0.348 e. The lowest BCUT2D eigenvalue weighted by atomic mass is 10.0. The zero-order valence-corrected chi connectivity index (χ0v) is 16.5. The van der Waals surface area contributed by atoms with Crippen LogP contribution in [0, 0.1) is 0 Å². The van der Waals surface area contributed by atoms with Crippen LogP contribution in [0.25, 0.3) is 16.6 Å². The Kier molecular flexibility index (Phi) is 3.69. The summed E-state index contributed by atoms with van der Waals surface area (Å²) in [5.74, 6) is 0.554. The molecule has 30 heavy (non-hydrogen) atoms. The molecule has 1 amide bonds. The average Bonchev–Trinajstić information content (AvgIpc) is 3.49. The molecule has 0 saturated carbocycles. The van der Waals surface area contributed by atoms with Crippen LogP contribution in [0.4, 0.5) is 0 Å². The zero-order chi connectivity index (χ0) is 20.2. The van der Waals surface area contributed by atoms with Gasteiger partial charge in [-0.2, -0.15) is 5.10 Å². The zero-order valence-electron chi connectivity index (χ0n) is 15.7. The second-order valence-corrected chi connectivity index (χ2v) is 7.73. The number of fused-ring (bicyclic) bond motifs is 3. The molecule has 1 aromatic carbocycles. The molecule has 9 heteroatoms. The lowest BCUT2D eigenvalue weighted by Crippen LogP contribution is -2.41. The number of aromatic nitrogens is 6. The summed E-state index contributed by atoms with van der Waals surface area (Å²) in [7, 11) is 0. The number of carbonyl (C=O) groups is 1. The van der Waals surface area contributed by atoms with Gasteiger partial charge < -0.3 is 14.9 Å². The fraction of sp³-hybridized carbons (Fsp3) is 0.143. The molecule has 1 aliphatic rings. The van der Waals surface area contributed by atoms with Crippen LogP contribution in [0.15, 0.2) is 55.1 Å². The van der Waals surface area contributed by atoms with Crippen molar-refractivity contribution in [3.63, 3.8) is 0 Å². The number of hydrogen-bond acceptors (Lipinski definition) is 4. The van der Waals surface area contributed by atoms with Crippen LogP contribution in [0.3, 0.4) is 0 Å². The van der Waals surface area contributed by atoms with Crippen LogP contribution in [-0.2, 0) is 6.42 Å². The smallest absolute Gasteiger partial charge is 0.258 e. The van der Waals surface area contributed by atoms with Crippen molar-refractivity contribution in [2.45, 2.75) is 12.5 Å². The number of imidazole rings is 2. The third-order valence-corrected chi connectivity index (χ3v) is 5.80. The number of hydrogen-bond donors (Lipinski definition) is 2. The van der Waals surface area contributed by atoms with Crippen LogP contribution in [0.5, 0.6) is 0 Å². The number of halogens is 1. The topological polar surface area (TPSA) is 95.0 Å². The normalized spacial score (nSPS) is 16.3. The van der Waals surface area contributed by atoms with Gasteiger partial charge in [-0.05, 0) is 30.3 Å². The number of carbonyl (C=O) groups excluding carboxylic acids is 1. The van der Waals surface area contributed by atoms with Crippen molar-refractivity contribution in [3.8, 4) is 0 Å². The highest BCUT2D eigenvalue weighted by Crippen LogP contribution is 2.34. The largest absolute Gasteiger partial charge is 0.348 e. The molecule has 0 bridgehead atoms. The van der Waals surface area contributed by atoms with Gasteiger partial charge in [0.1, 0.15) is 11.9 Å². The van der Waals surface area contributed by atoms with Gasteiger partial charge in [-0.3, -0.25) is 4.79 Å². The van der Waals surface area contributed by atoms with E-state index in [-0.39, 0.29) is 5.91 Å². The molecular formula is C21H16ClN7O. The molecule has 0 fully saturated rings. The number of H-pyrrole nitrogens is 2. The summed E-state index contributed by atoms with van der Waals surface area (Å²) >= 11 is 6.14. The number of rotatable bonds is 2. The Morgan fingerprint density at radius 2 is 2.17 bits per heavy atom. The minimum atomic E-state index is -0.433. The van der Waals surface area contributed by atoms with Crippen molar-refractivity contribution in [1.29, 1.82) is 0 Å². The minimum absolute atomic E-state index is 0.103. The molecule has 4 aromatic heterocycles. The van der Waals surface area contributed by atoms with E-state index in [1.807, 2.05) is 41.4 Å². The fourth-order valence-electron chi connectivity index (χ4n) is 4.16. The van der Waals surface area contributed by atoms with E-state index in [1.165, 1.54) is 0 Å².